The van der Waals surface area contributed by atoms with Gasteiger partial charge >= 0.3 is 5.97 Å². The van der Waals surface area contributed by atoms with E-state index in [1.54, 1.807) is 20.0 Å². The summed E-state index contributed by atoms with van der Waals surface area (Å²) in [6, 6.07) is 7.79. The summed E-state index contributed by atoms with van der Waals surface area (Å²) in [7, 11) is 0. The number of fused-ring (bicyclic) bond motifs is 1. The molecule has 0 atom stereocenters. The first-order chi connectivity index (χ1) is 11.9. The van der Waals surface area contributed by atoms with Gasteiger partial charge in [-0.1, -0.05) is 28.1 Å². The summed E-state index contributed by atoms with van der Waals surface area (Å²) >= 11 is 6.88. The van der Waals surface area contributed by atoms with Crippen LogP contribution in [0.25, 0.3) is 16.9 Å². The molecule has 2 heterocycles. The zero-order valence-corrected chi connectivity index (χ0v) is 16.7. The molecule has 0 radical (unpaired) electrons. The molecule has 25 heavy (non-hydrogen) atoms. The Morgan fingerprint density at radius 1 is 1.24 bits per heavy atom. The van der Waals surface area contributed by atoms with E-state index in [1.165, 1.54) is 0 Å². The van der Waals surface area contributed by atoms with Gasteiger partial charge in [0.05, 0.1) is 22.3 Å². The van der Waals surface area contributed by atoms with Crippen molar-refractivity contribution in [2.24, 2.45) is 0 Å². The smallest absolute Gasteiger partial charge is 0.379 e. The maximum atomic E-state index is 12.4. The lowest BCUT2D eigenvalue weighted by atomic mass is 10.1. The molecule has 0 fully saturated rings. The number of benzene rings is 1. The number of Topliss-reactive ketones (excluding diaryl/α,β-unsaturated/α-hetero) is 1. The normalized spacial score (nSPS) is 10.9. The average molecular weight is 466 g/mol. The second-order valence-electron chi connectivity index (χ2n) is 5.42. The third-order valence-corrected chi connectivity index (χ3v) is 4.93. The van der Waals surface area contributed by atoms with Gasteiger partial charge in [0.2, 0.25) is 0 Å². The molecular weight excluding hydrogens is 452 g/mol. The van der Waals surface area contributed by atoms with E-state index in [1.807, 2.05) is 34.9 Å². The second kappa shape index (κ2) is 7.09. The van der Waals surface area contributed by atoms with Gasteiger partial charge in [-0.2, -0.15) is 0 Å². The van der Waals surface area contributed by atoms with Crippen LogP contribution in [0, 0.1) is 6.92 Å². The van der Waals surface area contributed by atoms with Gasteiger partial charge < -0.3 is 9.14 Å². The van der Waals surface area contributed by atoms with Crippen LogP contribution in [0.5, 0.6) is 0 Å². The van der Waals surface area contributed by atoms with Crippen LogP contribution >= 0.6 is 31.9 Å². The number of rotatable bonds is 4. The molecule has 1 aromatic carbocycles. The summed E-state index contributed by atoms with van der Waals surface area (Å²) in [5.74, 6) is -1.55. The topological polar surface area (TPSA) is 60.7 Å². The van der Waals surface area contributed by atoms with Crippen LogP contribution in [0.4, 0.5) is 0 Å². The van der Waals surface area contributed by atoms with Crippen molar-refractivity contribution in [3.8, 4) is 11.3 Å². The lowest BCUT2D eigenvalue weighted by molar-refractivity contribution is -0.137. The number of ketones is 1. The predicted molar refractivity (Wildman–Crippen MR) is 102 cm³/mol. The number of esters is 1. The Morgan fingerprint density at radius 2 is 2.00 bits per heavy atom. The highest BCUT2D eigenvalue weighted by Gasteiger charge is 2.25. The van der Waals surface area contributed by atoms with Gasteiger partial charge in [-0.3, -0.25) is 4.79 Å². The van der Waals surface area contributed by atoms with Crippen molar-refractivity contribution in [2.45, 2.75) is 13.8 Å². The Labute approximate surface area is 161 Å². The third-order valence-electron chi connectivity index (χ3n) is 3.68. The van der Waals surface area contributed by atoms with Crippen LogP contribution in [-0.2, 0) is 9.53 Å². The van der Waals surface area contributed by atoms with Crippen molar-refractivity contribution < 1.29 is 14.3 Å². The summed E-state index contributed by atoms with van der Waals surface area (Å²) in [6.07, 6.45) is 3.66. The molecule has 0 saturated carbocycles. The summed E-state index contributed by atoms with van der Waals surface area (Å²) in [5, 5.41) is 0. The summed E-state index contributed by atoms with van der Waals surface area (Å²) in [5.41, 5.74) is 3.21. The number of pyridine rings is 1. The Balaban J connectivity index is 2.14. The monoisotopic (exact) mass is 464 g/mol. The Morgan fingerprint density at radius 3 is 2.68 bits per heavy atom. The number of imidazole rings is 1. The van der Waals surface area contributed by atoms with Crippen LogP contribution in [0.3, 0.4) is 0 Å². The molecular formula is C18H14Br2N2O3. The molecule has 0 aliphatic rings. The fourth-order valence-corrected chi connectivity index (χ4v) is 3.76. The lowest BCUT2D eigenvalue weighted by Gasteiger charge is -2.08. The first-order valence-electron chi connectivity index (χ1n) is 7.57. The minimum atomic E-state index is -0.866. The highest BCUT2D eigenvalue weighted by atomic mass is 79.9. The van der Waals surface area contributed by atoms with Gasteiger partial charge in [0.25, 0.3) is 5.78 Å². The van der Waals surface area contributed by atoms with E-state index < -0.39 is 11.8 Å². The van der Waals surface area contributed by atoms with Crippen LogP contribution in [0.2, 0.25) is 0 Å². The fraction of sp³-hybridized carbons (Fsp3) is 0.167. The number of aryl methyl sites for hydroxylation is 1. The highest BCUT2D eigenvalue weighted by Crippen LogP contribution is 2.29. The van der Waals surface area contributed by atoms with Crippen LogP contribution in [-0.4, -0.2) is 27.7 Å². The highest BCUT2D eigenvalue weighted by molar-refractivity contribution is 9.11. The largest absolute Gasteiger partial charge is 0.460 e. The zero-order valence-electron chi connectivity index (χ0n) is 13.5. The number of aromatic nitrogens is 2. The molecule has 7 heteroatoms. The van der Waals surface area contributed by atoms with E-state index in [-0.39, 0.29) is 12.2 Å². The molecule has 0 bridgehead atoms. The van der Waals surface area contributed by atoms with E-state index in [4.69, 9.17) is 4.74 Å². The number of carbonyl (C=O) groups excluding carboxylic acids is 2. The molecule has 128 valence electrons. The first-order valence-corrected chi connectivity index (χ1v) is 9.16. The third kappa shape index (κ3) is 3.39. The van der Waals surface area contributed by atoms with Crippen molar-refractivity contribution in [3.05, 3.63) is 56.7 Å². The molecule has 2 aromatic heterocycles. The molecule has 3 aromatic rings. The number of hydrogen-bond donors (Lipinski definition) is 0. The SMILES string of the molecule is CCOC(=O)C(=O)c1c(C)cn2cc(-c3cccc(Br)c3)nc2c1Br. The summed E-state index contributed by atoms with van der Waals surface area (Å²) < 4.78 is 8.09. The van der Waals surface area contributed by atoms with E-state index in [0.29, 0.717) is 15.7 Å². The molecule has 0 amide bonds. The Hall–Kier alpha value is -1.99. The molecule has 0 aliphatic carbocycles. The number of hydrogen-bond acceptors (Lipinski definition) is 4. The van der Waals surface area contributed by atoms with Gasteiger partial charge in [0.15, 0.2) is 5.65 Å². The first kappa shape index (κ1) is 17.8. The van der Waals surface area contributed by atoms with Crippen molar-refractivity contribution in [3.63, 3.8) is 0 Å². The number of carbonyl (C=O) groups is 2. The second-order valence-corrected chi connectivity index (χ2v) is 7.13. The Kier molecular flexibility index (Phi) is 5.06. The zero-order chi connectivity index (χ0) is 18.1. The van der Waals surface area contributed by atoms with E-state index in [0.717, 1.165) is 15.7 Å². The minimum absolute atomic E-state index is 0.153. The van der Waals surface area contributed by atoms with Crippen molar-refractivity contribution in [2.75, 3.05) is 6.61 Å². The van der Waals surface area contributed by atoms with Crippen LogP contribution < -0.4 is 0 Å². The number of nitrogens with zero attached hydrogens (tertiary/aromatic N) is 2. The summed E-state index contributed by atoms with van der Waals surface area (Å²) in [4.78, 5) is 28.8. The molecule has 0 aliphatic heterocycles. The minimum Gasteiger partial charge on any atom is -0.460 e. The molecule has 5 nitrogen and oxygen atoms in total. The van der Waals surface area contributed by atoms with Gasteiger partial charge in [-0.15, -0.1) is 0 Å². The molecule has 3 rings (SSSR count). The van der Waals surface area contributed by atoms with E-state index in [9.17, 15) is 9.59 Å². The van der Waals surface area contributed by atoms with Gasteiger partial charge in [-0.25, -0.2) is 9.78 Å². The van der Waals surface area contributed by atoms with Crippen molar-refractivity contribution in [1.29, 1.82) is 0 Å². The van der Waals surface area contributed by atoms with E-state index >= 15 is 0 Å². The van der Waals surface area contributed by atoms with Gasteiger partial charge in [-0.05, 0) is 47.5 Å². The lowest BCUT2D eigenvalue weighted by Crippen LogP contribution is -2.19. The van der Waals surface area contributed by atoms with Gasteiger partial charge in [0, 0.05) is 22.4 Å². The van der Waals surface area contributed by atoms with E-state index in [2.05, 4.69) is 36.8 Å². The molecule has 0 N–H and O–H groups in total. The summed E-state index contributed by atoms with van der Waals surface area (Å²) in [6.45, 7) is 3.59. The standard InChI is InChI=1S/C18H14Br2N2O3/c1-3-25-18(24)16(23)14-10(2)8-22-9-13(21-17(22)15(14)20)11-5-4-6-12(19)7-11/h4-9H,3H2,1-2H3. The van der Waals surface area contributed by atoms with Crippen LogP contribution in [0.15, 0.2) is 45.6 Å². The van der Waals surface area contributed by atoms with Gasteiger partial charge in [0.1, 0.15) is 0 Å². The quantitative estimate of drug-likeness (QED) is 0.321. The molecule has 0 saturated heterocycles. The predicted octanol–water partition coefficient (Wildman–Crippen LogP) is 4.58. The Bertz CT molecular complexity index is 995. The number of ether oxygens (including phenoxy) is 1. The molecule has 0 unspecified atom stereocenters. The maximum absolute atomic E-state index is 12.4. The average Bonchev–Trinajstić information content (AvgIpc) is 2.99. The van der Waals surface area contributed by atoms with Crippen molar-refractivity contribution in [1.82, 2.24) is 9.38 Å². The van der Waals surface area contributed by atoms with Crippen molar-refractivity contribution >= 4 is 49.3 Å². The number of halogens is 2. The fourth-order valence-electron chi connectivity index (χ4n) is 2.58. The maximum Gasteiger partial charge on any atom is 0.379 e. The van der Waals surface area contributed by atoms with Crippen LogP contribution in [0.1, 0.15) is 22.8 Å². The molecule has 0 spiro atoms.